The summed E-state index contributed by atoms with van der Waals surface area (Å²) in [5.41, 5.74) is 0. The zero-order valence-corrected chi connectivity index (χ0v) is 12.1. The van der Waals surface area contributed by atoms with Crippen molar-refractivity contribution >= 4 is 15.7 Å². The quantitative estimate of drug-likeness (QED) is 0.662. The van der Waals surface area contributed by atoms with Crippen molar-refractivity contribution in [2.24, 2.45) is 0 Å². The number of sulfone groups is 1. The van der Waals surface area contributed by atoms with E-state index in [1.54, 1.807) is 0 Å². The van der Waals surface area contributed by atoms with Crippen LogP contribution in [0, 0.1) is 0 Å². The zero-order valence-electron chi connectivity index (χ0n) is 11.3. The molecular formula is C11H23N3O3S. The first kappa shape index (κ1) is 15.4. The van der Waals surface area contributed by atoms with Crippen molar-refractivity contribution in [2.45, 2.75) is 25.4 Å². The number of carbonyl (C=O) groups excluding carboxylic acids is 1. The highest BCUT2D eigenvalue weighted by Gasteiger charge is 2.26. The molecule has 0 saturated carbocycles. The summed E-state index contributed by atoms with van der Waals surface area (Å²) >= 11 is 0. The molecule has 1 aliphatic rings. The van der Waals surface area contributed by atoms with Crippen molar-refractivity contribution in [1.29, 1.82) is 0 Å². The van der Waals surface area contributed by atoms with E-state index in [0.717, 1.165) is 6.54 Å². The van der Waals surface area contributed by atoms with Gasteiger partial charge in [-0.1, -0.05) is 0 Å². The number of hydrogen-bond donors (Lipinski definition) is 2. The summed E-state index contributed by atoms with van der Waals surface area (Å²) in [5.74, 6) is 0.129. The van der Waals surface area contributed by atoms with E-state index in [9.17, 15) is 13.2 Å². The first-order valence-electron chi connectivity index (χ1n) is 6.16. The second-order valence-electron chi connectivity index (χ2n) is 5.20. The zero-order chi connectivity index (χ0) is 13.8. The number of carbonyl (C=O) groups is 1. The van der Waals surface area contributed by atoms with Gasteiger partial charge in [0.2, 0.25) is 5.91 Å². The van der Waals surface area contributed by atoms with E-state index < -0.39 is 9.84 Å². The van der Waals surface area contributed by atoms with Crippen LogP contribution in [0.3, 0.4) is 0 Å². The Labute approximate surface area is 109 Å². The fourth-order valence-corrected chi connectivity index (χ4v) is 3.59. The molecule has 0 spiro atoms. The minimum atomic E-state index is -2.98. The number of nitrogens with one attached hydrogen (secondary N) is 2. The smallest absolute Gasteiger partial charge is 0.221 e. The normalized spacial score (nSPS) is 24.8. The molecule has 0 aliphatic carbocycles. The molecule has 1 heterocycles. The van der Waals surface area contributed by atoms with Crippen LogP contribution in [0.25, 0.3) is 0 Å². The molecule has 6 nitrogen and oxygen atoms in total. The van der Waals surface area contributed by atoms with Crippen LogP contribution in [0.2, 0.25) is 0 Å². The van der Waals surface area contributed by atoms with Gasteiger partial charge in [0, 0.05) is 31.6 Å². The van der Waals surface area contributed by atoms with Gasteiger partial charge in [-0.05, 0) is 21.0 Å². The van der Waals surface area contributed by atoms with Crippen LogP contribution in [-0.4, -0.2) is 70.0 Å². The Balaban J connectivity index is 2.36. The maximum absolute atomic E-state index is 11.7. The van der Waals surface area contributed by atoms with Crippen LogP contribution in [0.1, 0.15) is 13.3 Å². The Bertz CT molecular complexity index is 381. The summed E-state index contributed by atoms with van der Waals surface area (Å²) < 4.78 is 22.9. The van der Waals surface area contributed by atoms with E-state index in [4.69, 9.17) is 0 Å². The third kappa shape index (κ3) is 5.79. The minimum Gasteiger partial charge on any atom is -0.352 e. The highest BCUT2D eigenvalue weighted by atomic mass is 32.2. The Morgan fingerprint density at radius 3 is 2.72 bits per heavy atom. The summed E-state index contributed by atoms with van der Waals surface area (Å²) in [4.78, 5) is 13.7. The predicted molar refractivity (Wildman–Crippen MR) is 71.2 cm³/mol. The maximum atomic E-state index is 11.7. The monoisotopic (exact) mass is 277 g/mol. The third-order valence-electron chi connectivity index (χ3n) is 2.78. The summed E-state index contributed by atoms with van der Waals surface area (Å²) in [6.45, 7) is 3.14. The van der Waals surface area contributed by atoms with Gasteiger partial charge in [0.15, 0.2) is 9.84 Å². The Morgan fingerprint density at radius 1 is 1.50 bits per heavy atom. The van der Waals surface area contributed by atoms with Gasteiger partial charge in [-0.3, -0.25) is 4.79 Å². The van der Waals surface area contributed by atoms with Crippen molar-refractivity contribution < 1.29 is 13.2 Å². The van der Waals surface area contributed by atoms with Crippen molar-refractivity contribution in [2.75, 3.05) is 38.7 Å². The fraction of sp³-hybridized carbons (Fsp3) is 0.909. The minimum absolute atomic E-state index is 0.0580. The van der Waals surface area contributed by atoms with Gasteiger partial charge in [-0.25, -0.2) is 8.42 Å². The number of rotatable bonds is 5. The molecule has 2 atom stereocenters. The summed E-state index contributed by atoms with van der Waals surface area (Å²) in [6.07, 6.45) is 0.219. The summed E-state index contributed by atoms with van der Waals surface area (Å²) in [5, 5.41) is 5.94. The molecular weight excluding hydrogens is 254 g/mol. The molecule has 0 aromatic heterocycles. The Hall–Kier alpha value is -0.660. The second kappa shape index (κ2) is 6.49. The van der Waals surface area contributed by atoms with E-state index in [1.165, 1.54) is 0 Å². The van der Waals surface area contributed by atoms with E-state index in [0.29, 0.717) is 6.54 Å². The van der Waals surface area contributed by atoms with Crippen LogP contribution < -0.4 is 10.6 Å². The van der Waals surface area contributed by atoms with Crippen LogP contribution in [0.15, 0.2) is 0 Å². The van der Waals surface area contributed by atoms with Gasteiger partial charge in [-0.2, -0.15) is 0 Å². The average molecular weight is 277 g/mol. The standard InChI is InChI=1S/C11H23N3O3S/c1-9(7-14(2)3)13-11(15)6-10-8-18(16,17)5-4-12-10/h9-10,12H,4-8H2,1-3H3,(H,13,15). The lowest BCUT2D eigenvalue weighted by Crippen LogP contribution is -2.48. The summed E-state index contributed by atoms with van der Waals surface area (Å²) in [6, 6.07) is -0.192. The largest absolute Gasteiger partial charge is 0.352 e. The van der Waals surface area contributed by atoms with Crippen LogP contribution in [0.5, 0.6) is 0 Å². The average Bonchev–Trinajstić information content (AvgIpc) is 2.13. The van der Waals surface area contributed by atoms with E-state index in [1.807, 2.05) is 25.9 Å². The van der Waals surface area contributed by atoms with Crippen molar-refractivity contribution in [3.05, 3.63) is 0 Å². The third-order valence-corrected chi connectivity index (χ3v) is 4.52. The number of nitrogens with zero attached hydrogens (tertiary/aromatic N) is 1. The summed E-state index contributed by atoms with van der Waals surface area (Å²) in [7, 11) is 0.909. The Kier molecular flexibility index (Phi) is 5.55. The highest BCUT2D eigenvalue weighted by molar-refractivity contribution is 7.91. The van der Waals surface area contributed by atoms with Crippen LogP contribution in [-0.2, 0) is 14.6 Å². The first-order chi connectivity index (χ1) is 8.28. The molecule has 1 rings (SSSR count). The molecule has 1 aliphatic heterocycles. The van der Waals surface area contributed by atoms with Gasteiger partial charge in [0.1, 0.15) is 0 Å². The molecule has 1 fully saturated rings. The van der Waals surface area contributed by atoms with E-state index in [-0.39, 0.29) is 35.9 Å². The predicted octanol–water partition coefficient (Wildman–Crippen LogP) is -1.17. The lowest BCUT2D eigenvalue weighted by Gasteiger charge is -2.24. The van der Waals surface area contributed by atoms with Crippen molar-refractivity contribution in [3.63, 3.8) is 0 Å². The molecule has 106 valence electrons. The molecule has 1 saturated heterocycles. The van der Waals surface area contributed by atoms with Crippen molar-refractivity contribution in [1.82, 2.24) is 15.5 Å². The number of amides is 1. The molecule has 0 aromatic carbocycles. The molecule has 2 unspecified atom stereocenters. The van der Waals surface area contributed by atoms with Crippen LogP contribution >= 0.6 is 0 Å². The van der Waals surface area contributed by atoms with E-state index in [2.05, 4.69) is 10.6 Å². The first-order valence-corrected chi connectivity index (χ1v) is 7.98. The lowest BCUT2D eigenvalue weighted by molar-refractivity contribution is -0.122. The van der Waals surface area contributed by atoms with Gasteiger partial charge >= 0.3 is 0 Å². The molecule has 0 aromatic rings. The number of likely N-dealkylation sites (N-methyl/N-ethyl adjacent to an activating group) is 1. The SMILES string of the molecule is CC(CN(C)C)NC(=O)CC1CS(=O)(=O)CCN1. The molecule has 18 heavy (non-hydrogen) atoms. The van der Waals surface area contributed by atoms with E-state index >= 15 is 0 Å². The lowest BCUT2D eigenvalue weighted by atomic mass is 10.2. The van der Waals surface area contributed by atoms with Crippen molar-refractivity contribution in [3.8, 4) is 0 Å². The van der Waals surface area contributed by atoms with Gasteiger partial charge in [0.05, 0.1) is 11.5 Å². The molecule has 2 N–H and O–H groups in total. The van der Waals surface area contributed by atoms with Gasteiger partial charge in [0.25, 0.3) is 0 Å². The van der Waals surface area contributed by atoms with Gasteiger partial charge < -0.3 is 15.5 Å². The number of hydrogen-bond acceptors (Lipinski definition) is 5. The molecule has 7 heteroatoms. The van der Waals surface area contributed by atoms with Gasteiger partial charge in [-0.15, -0.1) is 0 Å². The molecule has 0 radical (unpaired) electrons. The Morgan fingerprint density at radius 2 is 2.17 bits per heavy atom. The highest BCUT2D eigenvalue weighted by Crippen LogP contribution is 2.05. The topological polar surface area (TPSA) is 78.5 Å². The maximum Gasteiger partial charge on any atom is 0.221 e. The fourth-order valence-electron chi connectivity index (χ4n) is 2.15. The molecule has 0 bridgehead atoms. The van der Waals surface area contributed by atoms with Crippen LogP contribution in [0.4, 0.5) is 0 Å². The molecule has 1 amide bonds. The second-order valence-corrected chi connectivity index (χ2v) is 7.43.